The van der Waals surface area contributed by atoms with Crippen molar-refractivity contribution in [3.63, 3.8) is 0 Å². The molecule has 1 fully saturated rings. The third kappa shape index (κ3) is 2.64. The van der Waals surface area contributed by atoms with Crippen molar-refractivity contribution in [2.75, 3.05) is 13.1 Å². The highest BCUT2D eigenvalue weighted by Crippen LogP contribution is 2.32. The van der Waals surface area contributed by atoms with E-state index in [1.165, 1.54) is 0 Å². The number of hydrogen-bond donors (Lipinski definition) is 1. The van der Waals surface area contributed by atoms with Crippen LogP contribution in [0, 0.1) is 13.8 Å². The summed E-state index contributed by atoms with van der Waals surface area (Å²) in [6.07, 6.45) is 1.76. The summed E-state index contributed by atoms with van der Waals surface area (Å²) < 4.78 is 30.0. The molecule has 3 aromatic rings. The summed E-state index contributed by atoms with van der Waals surface area (Å²) in [5.74, 6) is 1.04. The van der Waals surface area contributed by atoms with E-state index in [0.29, 0.717) is 29.4 Å². The molecule has 2 aromatic heterocycles. The Kier molecular flexibility index (Phi) is 4.11. The highest BCUT2D eigenvalue weighted by molar-refractivity contribution is 7.89. The average molecular weight is 373 g/mol. The predicted molar refractivity (Wildman–Crippen MR) is 99.5 cm³/mol. The molecule has 0 spiro atoms. The Hall–Kier alpha value is -2.19. The maximum Gasteiger partial charge on any atom is 0.246 e. The van der Waals surface area contributed by atoms with E-state index in [1.54, 1.807) is 18.2 Å². The summed E-state index contributed by atoms with van der Waals surface area (Å²) in [5.41, 5.74) is 3.13. The lowest BCUT2D eigenvalue weighted by atomic mass is 9.99. The van der Waals surface area contributed by atoms with E-state index >= 15 is 0 Å². The first-order valence-electron chi connectivity index (χ1n) is 8.82. The second-order valence-electron chi connectivity index (χ2n) is 6.98. The van der Waals surface area contributed by atoms with E-state index in [2.05, 4.69) is 14.8 Å². The van der Waals surface area contributed by atoms with Crippen molar-refractivity contribution in [2.45, 2.75) is 37.5 Å². The lowest BCUT2D eigenvalue weighted by Crippen LogP contribution is -2.40. The van der Waals surface area contributed by atoms with Crippen LogP contribution in [0.3, 0.4) is 0 Å². The summed E-state index contributed by atoms with van der Waals surface area (Å²) in [4.78, 5) is 5.08. The molecule has 1 aromatic carbocycles. The van der Waals surface area contributed by atoms with Crippen LogP contribution in [-0.2, 0) is 17.1 Å². The zero-order valence-electron chi connectivity index (χ0n) is 15.2. The molecule has 7 nitrogen and oxygen atoms in total. The number of para-hydroxylation sites is 2. The number of benzene rings is 1. The number of aromatic nitrogens is 4. The number of imidazole rings is 1. The van der Waals surface area contributed by atoms with Gasteiger partial charge < -0.3 is 4.57 Å². The molecule has 1 saturated heterocycles. The molecular formula is C18H23N5O2S. The lowest BCUT2D eigenvalue weighted by Gasteiger charge is -2.31. The number of piperidine rings is 1. The third-order valence-electron chi connectivity index (χ3n) is 5.23. The third-order valence-corrected chi connectivity index (χ3v) is 7.36. The van der Waals surface area contributed by atoms with Gasteiger partial charge in [-0.2, -0.15) is 9.40 Å². The Morgan fingerprint density at radius 1 is 1.23 bits per heavy atom. The molecule has 138 valence electrons. The smallest absolute Gasteiger partial charge is 0.246 e. The van der Waals surface area contributed by atoms with Gasteiger partial charge >= 0.3 is 0 Å². The maximum atomic E-state index is 13.2. The normalized spacial score (nSPS) is 19.3. The molecule has 1 aliphatic heterocycles. The van der Waals surface area contributed by atoms with Gasteiger partial charge in [0.25, 0.3) is 0 Å². The van der Waals surface area contributed by atoms with Gasteiger partial charge in [-0.15, -0.1) is 0 Å². The van der Waals surface area contributed by atoms with Gasteiger partial charge in [-0.05, 0) is 38.8 Å². The number of H-pyrrole nitrogens is 1. The predicted octanol–water partition coefficient (Wildman–Crippen LogP) is 2.48. The van der Waals surface area contributed by atoms with Crippen molar-refractivity contribution in [1.29, 1.82) is 0 Å². The fourth-order valence-corrected chi connectivity index (χ4v) is 5.81. The average Bonchev–Trinajstić information content (AvgIpc) is 3.15. The van der Waals surface area contributed by atoms with Gasteiger partial charge in [0.2, 0.25) is 10.0 Å². The van der Waals surface area contributed by atoms with Crippen LogP contribution in [-0.4, -0.2) is 45.6 Å². The zero-order valence-corrected chi connectivity index (χ0v) is 16.0. The van der Waals surface area contributed by atoms with E-state index in [9.17, 15) is 8.42 Å². The molecular weight excluding hydrogens is 350 g/mol. The van der Waals surface area contributed by atoms with Crippen molar-refractivity contribution >= 4 is 21.1 Å². The first-order valence-corrected chi connectivity index (χ1v) is 10.3. The van der Waals surface area contributed by atoms with Gasteiger partial charge in [0.05, 0.1) is 22.4 Å². The fraction of sp³-hybridized carbons (Fsp3) is 0.444. The Morgan fingerprint density at radius 2 is 2.00 bits per heavy atom. The molecule has 0 aliphatic carbocycles. The van der Waals surface area contributed by atoms with E-state index < -0.39 is 10.0 Å². The standard InChI is InChI=1S/C18H23N5O2S/c1-12-17(13(2)21-20-12)26(24,25)23-10-6-7-14(11-23)18-19-15-8-4-5-9-16(15)22(18)3/h4-5,8-9,14H,6-7,10-11H2,1-3H3,(H,20,21)/t14-/m1/s1. The molecule has 8 heteroatoms. The summed E-state index contributed by atoms with van der Waals surface area (Å²) in [5, 5.41) is 6.83. The summed E-state index contributed by atoms with van der Waals surface area (Å²) in [6, 6.07) is 8.01. The molecule has 0 unspecified atom stereocenters. The molecule has 1 N–H and O–H groups in total. The van der Waals surface area contributed by atoms with Crippen molar-refractivity contribution in [2.24, 2.45) is 7.05 Å². The molecule has 1 atom stereocenters. The number of aromatic amines is 1. The maximum absolute atomic E-state index is 13.2. The largest absolute Gasteiger partial charge is 0.331 e. The number of rotatable bonds is 3. The molecule has 0 saturated carbocycles. The molecule has 4 rings (SSSR count). The van der Waals surface area contributed by atoms with Gasteiger partial charge in [-0.1, -0.05) is 12.1 Å². The van der Waals surface area contributed by atoms with Crippen LogP contribution in [0.2, 0.25) is 0 Å². The van der Waals surface area contributed by atoms with Crippen LogP contribution in [0.4, 0.5) is 0 Å². The number of nitrogens with zero attached hydrogens (tertiary/aromatic N) is 4. The van der Waals surface area contributed by atoms with Crippen LogP contribution in [0.25, 0.3) is 11.0 Å². The minimum absolute atomic E-state index is 0.0865. The van der Waals surface area contributed by atoms with Gasteiger partial charge in [0.1, 0.15) is 10.7 Å². The van der Waals surface area contributed by atoms with Crippen molar-refractivity contribution < 1.29 is 8.42 Å². The monoisotopic (exact) mass is 373 g/mol. The molecule has 26 heavy (non-hydrogen) atoms. The van der Waals surface area contributed by atoms with Gasteiger partial charge in [-0.25, -0.2) is 13.4 Å². The van der Waals surface area contributed by atoms with E-state index in [4.69, 9.17) is 4.98 Å². The first kappa shape index (κ1) is 17.2. The number of sulfonamides is 1. The SMILES string of the molecule is Cc1n[nH]c(C)c1S(=O)(=O)N1CCC[C@@H](c2nc3ccccc3n2C)C1. The van der Waals surface area contributed by atoms with E-state index in [-0.39, 0.29) is 5.92 Å². The summed E-state index contributed by atoms with van der Waals surface area (Å²) in [7, 11) is -1.56. The minimum Gasteiger partial charge on any atom is -0.331 e. The van der Waals surface area contributed by atoms with Gasteiger partial charge in [0, 0.05) is 26.1 Å². The van der Waals surface area contributed by atoms with Crippen LogP contribution in [0.1, 0.15) is 36.0 Å². The van der Waals surface area contributed by atoms with Crippen molar-refractivity contribution in [1.82, 2.24) is 24.1 Å². The fourth-order valence-electron chi connectivity index (χ4n) is 3.95. The van der Waals surface area contributed by atoms with Gasteiger partial charge in [-0.3, -0.25) is 5.10 Å². The zero-order chi connectivity index (χ0) is 18.5. The Balaban J connectivity index is 1.68. The molecule has 0 bridgehead atoms. The second kappa shape index (κ2) is 6.21. The van der Waals surface area contributed by atoms with Crippen LogP contribution < -0.4 is 0 Å². The Labute approximate surface area is 153 Å². The van der Waals surface area contributed by atoms with Crippen LogP contribution >= 0.6 is 0 Å². The molecule has 0 amide bonds. The first-order chi connectivity index (χ1) is 12.4. The number of hydrogen-bond acceptors (Lipinski definition) is 4. The van der Waals surface area contributed by atoms with Crippen molar-refractivity contribution in [3.8, 4) is 0 Å². The number of fused-ring (bicyclic) bond motifs is 1. The van der Waals surface area contributed by atoms with E-state index in [1.807, 2.05) is 31.3 Å². The van der Waals surface area contributed by atoms with Crippen LogP contribution in [0.15, 0.2) is 29.2 Å². The molecule has 3 heterocycles. The summed E-state index contributed by atoms with van der Waals surface area (Å²) >= 11 is 0. The van der Waals surface area contributed by atoms with Gasteiger partial charge in [0.15, 0.2) is 0 Å². The number of aryl methyl sites for hydroxylation is 3. The Bertz CT molecular complexity index is 1050. The highest BCUT2D eigenvalue weighted by Gasteiger charge is 2.35. The second-order valence-corrected chi connectivity index (χ2v) is 8.86. The topological polar surface area (TPSA) is 83.9 Å². The summed E-state index contributed by atoms with van der Waals surface area (Å²) in [6.45, 7) is 4.46. The number of nitrogens with one attached hydrogen (secondary N) is 1. The molecule has 1 aliphatic rings. The van der Waals surface area contributed by atoms with Crippen LogP contribution in [0.5, 0.6) is 0 Å². The quantitative estimate of drug-likeness (QED) is 0.764. The minimum atomic E-state index is -3.56. The molecule has 0 radical (unpaired) electrons. The highest BCUT2D eigenvalue weighted by atomic mass is 32.2. The van der Waals surface area contributed by atoms with E-state index in [0.717, 1.165) is 29.7 Å². The van der Waals surface area contributed by atoms with Crippen molar-refractivity contribution in [3.05, 3.63) is 41.5 Å². The lowest BCUT2D eigenvalue weighted by molar-refractivity contribution is 0.306. The Morgan fingerprint density at radius 3 is 2.69 bits per heavy atom.